The molecule has 2 rings (SSSR count). The topological polar surface area (TPSA) is 70.6 Å². The summed E-state index contributed by atoms with van der Waals surface area (Å²) in [6, 6.07) is 11.5. The quantitative estimate of drug-likeness (QED) is 0.533. The van der Waals surface area contributed by atoms with E-state index < -0.39 is 9.84 Å². The van der Waals surface area contributed by atoms with Crippen molar-refractivity contribution in [3.05, 3.63) is 63.9 Å². The molecule has 26 heavy (non-hydrogen) atoms. The minimum atomic E-state index is -3.17. The summed E-state index contributed by atoms with van der Waals surface area (Å²) >= 11 is 3.27. The minimum absolute atomic E-state index is 0.295. The van der Waals surface area contributed by atoms with Gasteiger partial charge in [0.1, 0.15) is 5.82 Å². The number of halogens is 2. The Kier molecular flexibility index (Phi) is 7.16. The summed E-state index contributed by atoms with van der Waals surface area (Å²) in [6.45, 7) is 1.07. The van der Waals surface area contributed by atoms with Gasteiger partial charge in [0, 0.05) is 30.9 Å². The van der Waals surface area contributed by atoms with Gasteiger partial charge in [0.15, 0.2) is 15.8 Å². The van der Waals surface area contributed by atoms with Gasteiger partial charge in [-0.1, -0.05) is 28.1 Å². The monoisotopic (exact) mass is 441 g/mol. The van der Waals surface area contributed by atoms with E-state index in [1.807, 2.05) is 6.07 Å². The second kappa shape index (κ2) is 9.14. The van der Waals surface area contributed by atoms with Crippen LogP contribution in [0.15, 0.2) is 56.8 Å². The highest BCUT2D eigenvalue weighted by Gasteiger charge is 2.06. The molecule has 2 N–H and O–H groups in total. The van der Waals surface area contributed by atoms with Gasteiger partial charge in [0.05, 0.1) is 4.90 Å². The Morgan fingerprint density at radius 1 is 1.12 bits per heavy atom. The molecule has 0 heterocycles. The SMILES string of the molecule is CN=C(NCCc1ccc(S(C)(=O)=O)cc1)NCc1cc(F)cc(Br)c1. The van der Waals surface area contributed by atoms with E-state index in [-0.39, 0.29) is 5.82 Å². The fraction of sp³-hybridized carbons (Fsp3) is 0.278. The molecule has 140 valence electrons. The van der Waals surface area contributed by atoms with E-state index in [4.69, 9.17) is 0 Å². The zero-order chi connectivity index (χ0) is 19.2. The molecule has 0 saturated heterocycles. The molecule has 0 aliphatic heterocycles. The smallest absolute Gasteiger partial charge is 0.191 e. The van der Waals surface area contributed by atoms with Crippen LogP contribution in [-0.2, 0) is 22.8 Å². The first-order valence-electron chi connectivity index (χ1n) is 7.96. The fourth-order valence-electron chi connectivity index (χ4n) is 2.35. The van der Waals surface area contributed by atoms with E-state index in [1.54, 1.807) is 31.3 Å². The lowest BCUT2D eigenvalue weighted by Crippen LogP contribution is -2.37. The van der Waals surface area contributed by atoms with Gasteiger partial charge < -0.3 is 10.6 Å². The first kappa shape index (κ1) is 20.4. The van der Waals surface area contributed by atoms with Crippen LogP contribution in [0.5, 0.6) is 0 Å². The highest BCUT2D eigenvalue weighted by Crippen LogP contribution is 2.14. The standard InChI is InChI=1S/C18H21BrFN3O2S/c1-21-18(23-12-14-9-15(19)11-16(20)10-14)22-8-7-13-3-5-17(6-4-13)26(2,24)25/h3-6,9-11H,7-8,12H2,1-2H3,(H2,21,22,23). The third-order valence-electron chi connectivity index (χ3n) is 3.66. The number of guanidine groups is 1. The number of sulfone groups is 1. The van der Waals surface area contributed by atoms with Crippen molar-refractivity contribution in [1.29, 1.82) is 0 Å². The normalized spacial score (nSPS) is 12.1. The van der Waals surface area contributed by atoms with Gasteiger partial charge in [-0.15, -0.1) is 0 Å². The Morgan fingerprint density at radius 3 is 2.38 bits per heavy atom. The summed E-state index contributed by atoms with van der Waals surface area (Å²) in [5.41, 5.74) is 1.82. The van der Waals surface area contributed by atoms with Crippen LogP contribution in [0.2, 0.25) is 0 Å². The van der Waals surface area contributed by atoms with Crippen LogP contribution in [0.4, 0.5) is 4.39 Å². The Balaban J connectivity index is 1.83. The van der Waals surface area contributed by atoms with Crippen LogP contribution in [-0.4, -0.2) is 34.2 Å². The van der Waals surface area contributed by atoms with Crippen molar-refractivity contribution >= 4 is 31.7 Å². The van der Waals surface area contributed by atoms with Gasteiger partial charge >= 0.3 is 0 Å². The Bertz CT molecular complexity index is 864. The second-order valence-corrected chi connectivity index (χ2v) is 8.73. The largest absolute Gasteiger partial charge is 0.356 e. The molecule has 0 bridgehead atoms. The highest BCUT2D eigenvalue weighted by molar-refractivity contribution is 9.10. The van der Waals surface area contributed by atoms with Crippen LogP contribution in [0, 0.1) is 5.82 Å². The second-order valence-electron chi connectivity index (χ2n) is 5.80. The van der Waals surface area contributed by atoms with Crippen molar-refractivity contribution in [3.63, 3.8) is 0 Å². The van der Waals surface area contributed by atoms with Gasteiger partial charge in [-0.2, -0.15) is 0 Å². The predicted octanol–water partition coefficient (Wildman–Crippen LogP) is 2.90. The molecule has 2 aromatic carbocycles. The highest BCUT2D eigenvalue weighted by atomic mass is 79.9. The van der Waals surface area contributed by atoms with Crippen LogP contribution >= 0.6 is 15.9 Å². The van der Waals surface area contributed by atoms with E-state index in [1.165, 1.54) is 18.4 Å². The zero-order valence-electron chi connectivity index (χ0n) is 14.6. The Hall–Kier alpha value is -1.93. The van der Waals surface area contributed by atoms with Gasteiger partial charge in [-0.05, 0) is 47.9 Å². The van der Waals surface area contributed by atoms with E-state index in [2.05, 4.69) is 31.6 Å². The molecule has 0 unspecified atom stereocenters. The van der Waals surface area contributed by atoms with Gasteiger partial charge in [0.25, 0.3) is 0 Å². The summed E-state index contributed by atoms with van der Waals surface area (Å²) < 4.78 is 37.0. The third kappa shape index (κ3) is 6.42. The molecule has 0 aliphatic carbocycles. The van der Waals surface area contributed by atoms with Crippen LogP contribution in [0.25, 0.3) is 0 Å². The number of nitrogens with zero attached hydrogens (tertiary/aromatic N) is 1. The number of hydrogen-bond donors (Lipinski definition) is 2. The van der Waals surface area contributed by atoms with E-state index in [9.17, 15) is 12.8 Å². The number of nitrogens with one attached hydrogen (secondary N) is 2. The zero-order valence-corrected chi connectivity index (χ0v) is 17.0. The van der Waals surface area contributed by atoms with Crippen molar-refractivity contribution < 1.29 is 12.8 Å². The van der Waals surface area contributed by atoms with E-state index in [0.29, 0.717) is 28.4 Å². The van der Waals surface area contributed by atoms with Gasteiger partial charge in [-0.3, -0.25) is 4.99 Å². The summed E-state index contributed by atoms with van der Waals surface area (Å²) in [6.07, 6.45) is 1.91. The molecule has 0 aromatic heterocycles. The molecule has 5 nitrogen and oxygen atoms in total. The molecule has 0 aliphatic rings. The predicted molar refractivity (Wildman–Crippen MR) is 106 cm³/mol. The first-order chi connectivity index (χ1) is 12.3. The van der Waals surface area contributed by atoms with Crippen molar-refractivity contribution in [3.8, 4) is 0 Å². The number of aliphatic imine (C=N–C) groups is 1. The molecule has 8 heteroatoms. The van der Waals surface area contributed by atoms with E-state index >= 15 is 0 Å². The van der Waals surface area contributed by atoms with Crippen molar-refractivity contribution in [2.45, 2.75) is 17.9 Å². The molecule has 0 fully saturated rings. The molecule has 0 amide bonds. The maximum Gasteiger partial charge on any atom is 0.191 e. The van der Waals surface area contributed by atoms with Gasteiger partial charge in [0.2, 0.25) is 0 Å². The van der Waals surface area contributed by atoms with Crippen LogP contribution in [0.3, 0.4) is 0 Å². The van der Waals surface area contributed by atoms with E-state index in [0.717, 1.165) is 17.5 Å². The number of benzene rings is 2. The molecule has 0 spiro atoms. The summed E-state index contributed by atoms with van der Waals surface area (Å²) in [5, 5.41) is 6.30. The average molecular weight is 442 g/mol. The lowest BCUT2D eigenvalue weighted by Gasteiger charge is -2.12. The van der Waals surface area contributed by atoms with Crippen molar-refractivity contribution in [2.75, 3.05) is 19.8 Å². The lowest BCUT2D eigenvalue weighted by atomic mass is 10.1. The van der Waals surface area contributed by atoms with Crippen molar-refractivity contribution in [1.82, 2.24) is 10.6 Å². The maximum atomic E-state index is 13.4. The molecule has 0 atom stereocenters. The summed E-state index contributed by atoms with van der Waals surface area (Å²) in [5.74, 6) is 0.315. The Morgan fingerprint density at radius 2 is 1.81 bits per heavy atom. The molecule has 2 aromatic rings. The van der Waals surface area contributed by atoms with Crippen molar-refractivity contribution in [2.24, 2.45) is 4.99 Å². The fourth-order valence-corrected chi connectivity index (χ4v) is 3.49. The molecule has 0 saturated carbocycles. The van der Waals surface area contributed by atoms with Gasteiger partial charge in [-0.25, -0.2) is 12.8 Å². The maximum absolute atomic E-state index is 13.4. The Labute approximate surface area is 161 Å². The average Bonchev–Trinajstić information content (AvgIpc) is 2.56. The van der Waals surface area contributed by atoms with Crippen LogP contribution < -0.4 is 10.6 Å². The number of hydrogen-bond acceptors (Lipinski definition) is 3. The number of rotatable bonds is 6. The summed E-state index contributed by atoms with van der Waals surface area (Å²) in [4.78, 5) is 4.45. The minimum Gasteiger partial charge on any atom is -0.356 e. The third-order valence-corrected chi connectivity index (χ3v) is 5.25. The molecular formula is C18H21BrFN3O2S. The molecule has 0 radical (unpaired) electrons. The summed E-state index contributed by atoms with van der Waals surface area (Å²) in [7, 11) is -1.51. The van der Waals surface area contributed by atoms with Crippen LogP contribution in [0.1, 0.15) is 11.1 Å². The molecular weight excluding hydrogens is 421 g/mol. The first-order valence-corrected chi connectivity index (χ1v) is 10.6. The lowest BCUT2D eigenvalue weighted by molar-refractivity contribution is 0.602.